The van der Waals surface area contributed by atoms with Crippen LogP contribution >= 0.6 is 11.8 Å². The Morgan fingerprint density at radius 1 is 1.60 bits per heavy atom. The van der Waals surface area contributed by atoms with E-state index < -0.39 is 0 Å². The van der Waals surface area contributed by atoms with E-state index in [2.05, 4.69) is 18.9 Å². The first-order chi connectivity index (χ1) is 7.22. The summed E-state index contributed by atoms with van der Waals surface area (Å²) < 4.78 is 2.02. The minimum absolute atomic E-state index is 0.570. The fourth-order valence-electron chi connectivity index (χ4n) is 1.92. The van der Waals surface area contributed by atoms with Gasteiger partial charge in [0.25, 0.3) is 0 Å². The van der Waals surface area contributed by atoms with E-state index >= 15 is 0 Å². The van der Waals surface area contributed by atoms with Crippen molar-refractivity contribution in [2.75, 3.05) is 5.75 Å². The van der Waals surface area contributed by atoms with Crippen LogP contribution in [0.25, 0.3) is 0 Å². The Kier molecular flexibility index (Phi) is 3.14. The molecule has 0 radical (unpaired) electrons. The molecule has 0 atom stereocenters. The molecule has 3 nitrogen and oxygen atoms in total. The van der Waals surface area contributed by atoms with E-state index in [9.17, 15) is 4.79 Å². The second-order valence-corrected chi connectivity index (χ2v) is 5.41. The smallest absolute Gasteiger partial charge is 0.170 e. The van der Waals surface area contributed by atoms with Crippen molar-refractivity contribution < 1.29 is 4.79 Å². The molecule has 1 aromatic rings. The average Bonchev–Trinajstić information content (AvgIpc) is 2.56. The number of aldehydes is 1. The molecule has 0 aromatic carbocycles. The summed E-state index contributed by atoms with van der Waals surface area (Å²) in [5, 5.41) is 4.39. The first kappa shape index (κ1) is 10.7. The molecule has 0 aliphatic carbocycles. The summed E-state index contributed by atoms with van der Waals surface area (Å²) in [6.45, 7) is 5.26. The normalized spacial score (nSPS) is 15.4. The average molecular weight is 224 g/mol. The van der Waals surface area contributed by atoms with Crippen molar-refractivity contribution in [2.45, 2.75) is 32.6 Å². The Balaban J connectivity index is 2.37. The predicted molar refractivity (Wildman–Crippen MR) is 62.3 cm³/mol. The lowest BCUT2D eigenvalue weighted by Gasteiger charge is -2.14. The topological polar surface area (TPSA) is 34.9 Å². The third-order valence-corrected chi connectivity index (χ3v) is 3.55. The maximum atomic E-state index is 10.9. The number of rotatable bonds is 3. The molecule has 0 saturated heterocycles. The van der Waals surface area contributed by atoms with Crippen LogP contribution in [0.1, 0.15) is 35.6 Å². The SMILES string of the molecule is CC(C)Cn1nc(C=O)c2c1CSCC2. The molecule has 1 aliphatic heterocycles. The van der Waals surface area contributed by atoms with E-state index in [4.69, 9.17) is 0 Å². The van der Waals surface area contributed by atoms with E-state index in [1.807, 2.05) is 16.4 Å². The molecule has 0 bridgehead atoms. The first-order valence-electron chi connectivity index (χ1n) is 5.34. The van der Waals surface area contributed by atoms with Gasteiger partial charge >= 0.3 is 0 Å². The van der Waals surface area contributed by atoms with Gasteiger partial charge in [0.2, 0.25) is 0 Å². The van der Waals surface area contributed by atoms with Crippen LogP contribution in [0.2, 0.25) is 0 Å². The Bertz CT molecular complexity index is 371. The van der Waals surface area contributed by atoms with Crippen LogP contribution in [-0.2, 0) is 18.7 Å². The lowest BCUT2D eigenvalue weighted by Crippen LogP contribution is -2.12. The van der Waals surface area contributed by atoms with E-state index in [0.29, 0.717) is 11.6 Å². The van der Waals surface area contributed by atoms with Crippen LogP contribution in [0.5, 0.6) is 0 Å². The molecular weight excluding hydrogens is 208 g/mol. The minimum Gasteiger partial charge on any atom is -0.296 e. The van der Waals surface area contributed by atoms with Crippen LogP contribution in [0.3, 0.4) is 0 Å². The van der Waals surface area contributed by atoms with Gasteiger partial charge in [-0.25, -0.2) is 0 Å². The van der Waals surface area contributed by atoms with Gasteiger partial charge in [-0.15, -0.1) is 0 Å². The number of fused-ring (bicyclic) bond motifs is 1. The molecule has 0 N–H and O–H groups in total. The van der Waals surface area contributed by atoms with E-state index in [1.165, 1.54) is 11.3 Å². The monoisotopic (exact) mass is 224 g/mol. The van der Waals surface area contributed by atoms with E-state index in [-0.39, 0.29) is 0 Å². The van der Waals surface area contributed by atoms with Gasteiger partial charge < -0.3 is 0 Å². The van der Waals surface area contributed by atoms with Crippen LogP contribution in [-0.4, -0.2) is 21.8 Å². The molecule has 4 heteroatoms. The quantitative estimate of drug-likeness (QED) is 0.738. The van der Waals surface area contributed by atoms with Crippen molar-refractivity contribution in [1.29, 1.82) is 0 Å². The second kappa shape index (κ2) is 4.39. The number of carbonyl (C=O) groups excluding carboxylic acids is 1. The molecule has 2 rings (SSSR count). The molecule has 15 heavy (non-hydrogen) atoms. The summed E-state index contributed by atoms with van der Waals surface area (Å²) in [7, 11) is 0. The standard InChI is InChI=1S/C11H16N2OS/c1-8(2)5-13-11-7-15-4-3-9(11)10(6-14)12-13/h6,8H,3-5,7H2,1-2H3. The van der Waals surface area contributed by atoms with Gasteiger partial charge in [0.1, 0.15) is 5.69 Å². The summed E-state index contributed by atoms with van der Waals surface area (Å²) >= 11 is 1.93. The van der Waals surface area contributed by atoms with Gasteiger partial charge in [-0.2, -0.15) is 16.9 Å². The summed E-state index contributed by atoms with van der Waals surface area (Å²) in [6, 6.07) is 0. The summed E-state index contributed by atoms with van der Waals surface area (Å²) in [6.07, 6.45) is 1.89. The number of carbonyl (C=O) groups is 1. The summed E-state index contributed by atoms with van der Waals surface area (Å²) in [5.41, 5.74) is 3.11. The fourth-order valence-corrected chi connectivity index (χ4v) is 2.93. The van der Waals surface area contributed by atoms with Gasteiger partial charge in [-0.1, -0.05) is 13.8 Å². The van der Waals surface area contributed by atoms with Gasteiger partial charge in [0.05, 0.1) is 5.69 Å². The van der Waals surface area contributed by atoms with Crippen LogP contribution in [0.4, 0.5) is 0 Å². The van der Waals surface area contributed by atoms with E-state index in [1.54, 1.807) is 0 Å². The zero-order valence-electron chi connectivity index (χ0n) is 9.19. The summed E-state index contributed by atoms with van der Waals surface area (Å²) in [5.74, 6) is 2.69. The Morgan fingerprint density at radius 2 is 2.40 bits per heavy atom. The third-order valence-electron chi connectivity index (χ3n) is 2.58. The van der Waals surface area contributed by atoms with E-state index in [0.717, 1.165) is 30.8 Å². The van der Waals surface area contributed by atoms with Gasteiger partial charge in [0.15, 0.2) is 6.29 Å². The van der Waals surface area contributed by atoms with Gasteiger partial charge in [0, 0.05) is 17.9 Å². The highest BCUT2D eigenvalue weighted by atomic mass is 32.2. The molecule has 2 heterocycles. The van der Waals surface area contributed by atoms with Crippen molar-refractivity contribution in [3.8, 4) is 0 Å². The van der Waals surface area contributed by atoms with Crippen LogP contribution in [0, 0.1) is 5.92 Å². The molecule has 0 amide bonds. The fraction of sp³-hybridized carbons (Fsp3) is 0.636. The lowest BCUT2D eigenvalue weighted by atomic mass is 10.1. The lowest BCUT2D eigenvalue weighted by molar-refractivity contribution is 0.111. The van der Waals surface area contributed by atoms with Crippen molar-refractivity contribution in [3.63, 3.8) is 0 Å². The van der Waals surface area contributed by atoms with Gasteiger partial charge in [-0.05, 0) is 18.1 Å². The Labute approximate surface area is 94.2 Å². The number of thioether (sulfide) groups is 1. The van der Waals surface area contributed by atoms with Crippen LogP contribution < -0.4 is 0 Å². The van der Waals surface area contributed by atoms with Crippen molar-refractivity contribution in [3.05, 3.63) is 17.0 Å². The zero-order chi connectivity index (χ0) is 10.8. The van der Waals surface area contributed by atoms with Crippen molar-refractivity contribution in [2.24, 2.45) is 5.92 Å². The number of nitrogens with zero attached hydrogens (tertiary/aromatic N) is 2. The predicted octanol–water partition coefficient (Wildman–Crippen LogP) is 2.14. The Morgan fingerprint density at radius 3 is 3.07 bits per heavy atom. The second-order valence-electron chi connectivity index (χ2n) is 4.31. The first-order valence-corrected chi connectivity index (χ1v) is 6.49. The van der Waals surface area contributed by atoms with Crippen LogP contribution in [0.15, 0.2) is 0 Å². The van der Waals surface area contributed by atoms with Gasteiger partial charge in [-0.3, -0.25) is 9.48 Å². The third kappa shape index (κ3) is 2.09. The highest BCUT2D eigenvalue weighted by molar-refractivity contribution is 7.98. The highest BCUT2D eigenvalue weighted by Crippen LogP contribution is 2.27. The molecule has 0 spiro atoms. The van der Waals surface area contributed by atoms with Crippen molar-refractivity contribution in [1.82, 2.24) is 9.78 Å². The maximum absolute atomic E-state index is 10.9. The molecular formula is C11H16N2OS. The number of aromatic nitrogens is 2. The summed E-state index contributed by atoms with van der Waals surface area (Å²) in [4.78, 5) is 10.9. The maximum Gasteiger partial charge on any atom is 0.170 e. The molecule has 0 unspecified atom stereocenters. The zero-order valence-corrected chi connectivity index (χ0v) is 10.0. The molecule has 1 aliphatic rings. The van der Waals surface area contributed by atoms with Crippen molar-refractivity contribution >= 4 is 18.0 Å². The minimum atomic E-state index is 0.570. The molecule has 0 fully saturated rings. The largest absolute Gasteiger partial charge is 0.296 e. The molecule has 82 valence electrons. The molecule has 0 saturated carbocycles. The molecule has 1 aromatic heterocycles. The Hall–Kier alpha value is -0.770. The highest BCUT2D eigenvalue weighted by Gasteiger charge is 2.20. The number of hydrogen-bond donors (Lipinski definition) is 0. The number of hydrogen-bond acceptors (Lipinski definition) is 3.